The quantitative estimate of drug-likeness (QED) is 0.485. The van der Waals surface area contributed by atoms with Crippen molar-refractivity contribution in [2.75, 3.05) is 16.8 Å². The second kappa shape index (κ2) is 9.67. The Morgan fingerprint density at radius 1 is 1.00 bits per heavy atom. The van der Waals surface area contributed by atoms with Crippen molar-refractivity contribution in [1.29, 1.82) is 0 Å². The maximum Gasteiger partial charge on any atom is 0.251 e. The summed E-state index contributed by atoms with van der Waals surface area (Å²) in [5, 5.41) is 7.14. The molecule has 170 valence electrons. The molecule has 0 aliphatic carbocycles. The zero-order chi connectivity index (χ0) is 23.5. The predicted octanol–water partition coefficient (Wildman–Crippen LogP) is 6.06. The fraction of sp³-hybridized carbons (Fsp3) is 0.259. The number of hydrogen-bond donors (Lipinski definition) is 2. The normalized spacial score (nSPS) is 17.3. The van der Waals surface area contributed by atoms with Gasteiger partial charge in [0, 0.05) is 41.5 Å². The molecule has 1 aliphatic rings. The molecule has 6 heteroatoms. The number of benzene rings is 3. The van der Waals surface area contributed by atoms with E-state index in [0.717, 1.165) is 34.5 Å². The molecule has 33 heavy (non-hydrogen) atoms. The first-order valence-corrected chi connectivity index (χ1v) is 11.6. The zero-order valence-corrected chi connectivity index (χ0v) is 19.8. The standard InChI is InChI=1S/C27H28ClN3O2/c1-4-29-27(33)20-7-5-19(6-8-20)21-9-14-26-24(16-21)25(15-17(2)31(26)18(3)32)30-23-12-10-22(28)11-13-23/h5-14,16-17,25,30H,4,15H2,1-3H3,(H,29,33). The number of carbonyl (C=O) groups excluding carboxylic acids is 2. The number of hydrogen-bond acceptors (Lipinski definition) is 3. The van der Waals surface area contributed by atoms with Crippen LogP contribution in [0.3, 0.4) is 0 Å². The first-order chi connectivity index (χ1) is 15.9. The molecule has 0 aromatic heterocycles. The average molecular weight is 462 g/mol. The van der Waals surface area contributed by atoms with Crippen molar-refractivity contribution in [2.24, 2.45) is 0 Å². The van der Waals surface area contributed by atoms with Gasteiger partial charge in [0.25, 0.3) is 5.91 Å². The number of halogens is 1. The fourth-order valence-corrected chi connectivity index (χ4v) is 4.61. The van der Waals surface area contributed by atoms with Crippen LogP contribution in [0.2, 0.25) is 5.02 Å². The van der Waals surface area contributed by atoms with E-state index in [9.17, 15) is 9.59 Å². The first-order valence-electron chi connectivity index (χ1n) is 11.2. The lowest BCUT2D eigenvalue weighted by Gasteiger charge is -2.39. The van der Waals surface area contributed by atoms with Gasteiger partial charge in [0.05, 0.1) is 6.04 Å². The Bertz CT molecular complexity index is 1160. The van der Waals surface area contributed by atoms with Gasteiger partial charge >= 0.3 is 0 Å². The van der Waals surface area contributed by atoms with Gasteiger partial charge in [0.1, 0.15) is 0 Å². The Labute approximate surface area is 199 Å². The Balaban J connectivity index is 1.70. The molecule has 0 bridgehead atoms. The van der Waals surface area contributed by atoms with E-state index < -0.39 is 0 Å². The lowest BCUT2D eigenvalue weighted by molar-refractivity contribution is -0.117. The third-order valence-corrected chi connectivity index (χ3v) is 6.27. The summed E-state index contributed by atoms with van der Waals surface area (Å²) in [6.45, 7) is 6.19. The van der Waals surface area contributed by atoms with Crippen molar-refractivity contribution in [3.8, 4) is 11.1 Å². The summed E-state index contributed by atoms with van der Waals surface area (Å²) < 4.78 is 0. The van der Waals surface area contributed by atoms with Gasteiger partial charge in [-0.2, -0.15) is 0 Å². The van der Waals surface area contributed by atoms with Gasteiger partial charge in [-0.05, 0) is 85.5 Å². The van der Waals surface area contributed by atoms with Gasteiger partial charge < -0.3 is 15.5 Å². The van der Waals surface area contributed by atoms with Crippen LogP contribution in [-0.2, 0) is 4.79 Å². The van der Waals surface area contributed by atoms with Crippen molar-refractivity contribution in [1.82, 2.24) is 5.32 Å². The highest BCUT2D eigenvalue weighted by Crippen LogP contribution is 2.41. The summed E-state index contributed by atoms with van der Waals surface area (Å²) in [5.41, 5.74) is 5.67. The third-order valence-electron chi connectivity index (χ3n) is 6.02. The molecule has 3 aromatic rings. The van der Waals surface area contributed by atoms with E-state index in [4.69, 9.17) is 11.6 Å². The minimum atomic E-state index is -0.0761. The maximum atomic E-state index is 12.4. The van der Waals surface area contributed by atoms with Crippen molar-refractivity contribution in [2.45, 2.75) is 39.3 Å². The molecule has 2 unspecified atom stereocenters. The van der Waals surface area contributed by atoms with Gasteiger partial charge in [0.2, 0.25) is 5.91 Å². The second-order valence-corrected chi connectivity index (χ2v) is 8.82. The molecule has 1 aliphatic heterocycles. The highest BCUT2D eigenvalue weighted by Gasteiger charge is 2.32. The van der Waals surface area contributed by atoms with E-state index in [1.165, 1.54) is 0 Å². The minimum Gasteiger partial charge on any atom is -0.378 e. The smallest absolute Gasteiger partial charge is 0.251 e. The van der Waals surface area contributed by atoms with E-state index in [1.54, 1.807) is 6.92 Å². The molecule has 1 heterocycles. The lowest BCUT2D eigenvalue weighted by Crippen LogP contribution is -2.43. The molecule has 0 spiro atoms. The largest absolute Gasteiger partial charge is 0.378 e. The van der Waals surface area contributed by atoms with Crippen molar-refractivity contribution >= 4 is 34.8 Å². The number of nitrogens with one attached hydrogen (secondary N) is 2. The molecule has 2 atom stereocenters. The number of amides is 2. The van der Waals surface area contributed by atoms with Crippen molar-refractivity contribution in [3.05, 3.63) is 82.9 Å². The summed E-state index contributed by atoms with van der Waals surface area (Å²) >= 11 is 6.05. The Morgan fingerprint density at radius 2 is 1.67 bits per heavy atom. The van der Waals surface area contributed by atoms with E-state index in [-0.39, 0.29) is 23.9 Å². The Hall–Kier alpha value is -3.31. The number of carbonyl (C=O) groups is 2. The van der Waals surface area contributed by atoms with Crippen LogP contribution in [0.25, 0.3) is 11.1 Å². The molecule has 0 radical (unpaired) electrons. The van der Waals surface area contributed by atoms with Crippen LogP contribution in [0.15, 0.2) is 66.7 Å². The van der Waals surface area contributed by atoms with Crippen LogP contribution in [0, 0.1) is 0 Å². The molecule has 2 amide bonds. The number of rotatable bonds is 5. The number of anilines is 2. The molecule has 2 N–H and O–H groups in total. The molecule has 5 nitrogen and oxygen atoms in total. The molecular weight excluding hydrogens is 434 g/mol. The first kappa shape index (κ1) is 22.9. The van der Waals surface area contributed by atoms with E-state index in [0.29, 0.717) is 17.1 Å². The molecule has 0 saturated heterocycles. The number of nitrogens with zero attached hydrogens (tertiary/aromatic N) is 1. The van der Waals surface area contributed by atoms with Crippen LogP contribution < -0.4 is 15.5 Å². The zero-order valence-electron chi connectivity index (χ0n) is 19.1. The summed E-state index contributed by atoms with van der Waals surface area (Å²) in [4.78, 5) is 26.4. The van der Waals surface area contributed by atoms with Crippen molar-refractivity contribution in [3.63, 3.8) is 0 Å². The van der Waals surface area contributed by atoms with Crippen LogP contribution in [-0.4, -0.2) is 24.4 Å². The topological polar surface area (TPSA) is 61.4 Å². The van der Waals surface area contributed by atoms with E-state index >= 15 is 0 Å². The van der Waals surface area contributed by atoms with E-state index in [1.807, 2.05) is 72.5 Å². The summed E-state index contributed by atoms with van der Waals surface area (Å²) in [5.74, 6) is -0.0412. The fourth-order valence-electron chi connectivity index (χ4n) is 4.48. The third kappa shape index (κ3) is 4.88. The van der Waals surface area contributed by atoms with Gasteiger partial charge in [0.15, 0.2) is 0 Å². The maximum absolute atomic E-state index is 12.4. The van der Waals surface area contributed by atoms with Crippen LogP contribution in [0.5, 0.6) is 0 Å². The Kier molecular flexibility index (Phi) is 6.70. The Morgan fingerprint density at radius 3 is 2.30 bits per heavy atom. The molecular formula is C27H28ClN3O2. The molecule has 3 aromatic carbocycles. The summed E-state index contributed by atoms with van der Waals surface area (Å²) in [6, 6.07) is 21.6. The highest BCUT2D eigenvalue weighted by molar-refractivity contribution is 6.30. The molecule has 0 saturated carbocycles. The molecule has 4 rings (SSSR count). The van der Waals surface area contributed by atoms with Gasteiger partial charge in [-0.25, -0.2) is 0 Å². The van der Waals surface area contributed by atoms with Gasteiger partial charge in [-0.15, -0.1) is 0 Å². The average Bonchev–Trinajstić information content (AvgIpc) is 2.80. The molecule has 0 fully saturated rings. The SMILES string of the molecule is CCNC(=O)c1ccc(-c2ccc3c(c2)C(Nc2ccc(Cl)cc2)CC(C)N3C(C)=O)cc1. The van der Waals surface area contributed by atoms with Gasteiger partial charge in [-0.3, -0.25) is 9.59 Å². The number of fused-ring (bicyclic) bond motifs is 1. The van der Waals surface area contributed by atoms with Crippen LogP contribution in [0.1, 0.15) is 49.2 Å². The summed E-state index contributed by atoms with van der Waals surface area (Å²) in [6.07, 6.45) is 0.786. The van der Waals surface area contributed by atoms with Crippen LogP contribution >= 0.6 is 11.6 Å². The summed E-state index contributed by atoms with van der Waals surface area (Å²) in [7, 11) is 0. The lowest BCUT2D eigenvalue weighted by atomic mass is 9.88. The monoisotopic (exact) mass is 461 g/mol. The van der Waals surface area contributed by atoms with Crippen molar-refractivity contribution < 1.29 is 9.59 Å². The van der Waals surface area contributed by atoms with Crippen LogP contribution in [0.4, 0.5) is 11.4 Å². The second-order valence-electron chi connectivity index (χ2n) is 8.39. The minimum absolute atomic E-state index is 0.0349. The highest BCUT2D eigenvalue weighted by atomic mass is 35.5. The van der Waals surface area contributed by atoms with E-state index in [2.05, 4.69) is 23.6 Å². The predicted molar refractivity (Wildman–Crippen MR) is 135 cm³/mol. The van der Waals surface area contributed by atoms with Gasteiger partial charge in [-0.1, -0.05) is 29.8 Å².